The Bertz CT molecular complexity index is 512. The van der Waals surface area contributed by atoms with Gasteiger partial charge in [-0.25, -0.2) is 4.79 Å². The largest absolute Gasteiger partial charge is 0.351 e. The van der Waals surface area contributed by atoms with E-state index in [4.69, 9.17) is 5.73 Å². The summed E-state index contributed by atoms with van der Waals surface area (Å²) in [5, 5.41) is 2.92. The number of hydrogen-bond donors (Lipinski definition) is 2. The monoisotopic (exact) mass is 275 g/mol. The molecule has 0 aliphatic carbocycles. The highest BCUT2D eigenvalue weighted by molar-refractivity contribution is 5.98. The van der Waals surface area contributed by atoms with Crippen LogP contribution in [0, 0.1) is 5.92 Å². The van der Waals surface area contributed by atoms with Gasteiger partial charge in [-0.15, -0.1) is 0 Å². The molecule has 0 bridgehead atoms. The minimum Gasteiger partial charge on any atom is -0.351 e. The number of anilines is 1. The van der Waals surface area contributed by atoms with Gasteiger partial charge in [0.1, 0.15) is 6.04 Å². The first kappa shape index (κ1) is 14.4. The number of nitrogens with two attached hydrogens (primary N) is 1. The number of para-hydroxylation sites is 1. The van der Waals surface area contributed by atoms with Gasteiger partial charge >= 0.3 is 6.03 Å². The SMILES string of the molecule is CCC(CC)[C@H]1C(=O)Nc2ccccc2CN1C(N)=O. The lowest BCUT2D eigenvalue weighted by Crippen LogP contribution is -2.51. The third kappa shape index (κ3) is 2.61. The smallest absolute Gasteiger partial charge is 0.315 e. The van der Waals surface area contributed by atoms with Crippen molar-refractivity contribution in [2.45, 2.75) is 39.3 Å². The van der Waals surface area contributed by atoms with E-state index in [9.17, 15) is 9.59 Å². The van der Waals surface area contributed by atoms with E-state index in [1.54, 1.807) is 0 Å². The van der Waals surface area contributed by atoms with Crippen molar-refractivity contribution in [3.05, 3.63) is 29.8 Å². The van der Waals surface area contributed by atoms with Gasteiger partial charge in [-0.2, -0.15) is 0 Å². The highest BCUT2D eigenvalue weighted by Gasteiger charge is 2.36. The first-order chi connectivity index (χ1) is 9.58. The normalized spacial score (nSPS) is 18.4. The van der Waals surface area contributed by atoms with Crippen molar-refractivity contribution in [1.82, 2.24) is 4.90 Å². The van der Waals surface area contributed by atoms with Crippen molar-refractivity contribution in [2.24, 2.45) is 11.7 Å². The Morgan fingerprint density at radius 1 is 1.40 bits per heavy atom. The van der Waals surface area contributed by atoms with Crippen LogP contribution in [0.25, 0.3) is 0 Å². The fourth-order valence-electron chi connectivity index (χ4n) is 2.83. The molecule has 1 heterocycles. The van der Waals surface area contributed by atoms with E-state index in [0.717, 1.165) is 24.1 Å². The number of fused-ring (bicyclic) bond motifs is 1. The Labute approximate surface area is 119 Å². The molecule has 5 heteroatoms. The lowest BCUT2D eigenvalue weighted by molar-refractivity contribution is -0.122. The predicted molar refractivity (Wildman–Crippen MR) is 78.1 cm³/mol. The molecule has 3 N–H and O–H groups in total. The maximum atomic E-state index is 12.5. The molecule has 0 saturated carbocycles. The first-order valence-electron chi connectivity index (χ1n) is 7.03. The van der Waals surface area contributed by atoms with Gasteiger partial charge < -0.3 is 16.0 Å². The zero-order valence-electron chi connectivity index (χ0n) is 11.9. The fourth-order valence-corrected chi connectivity index (χ4v) is 2.83. The van der Waals surface area contributed by atoms with Crippen LogP contribution in [-0.4, -0.2) is 22.9 Å². The summed E-state index contributed by atoms with van der Waals surface area (Å²) in [6, 6.07) is 6.46. The molecule has 0 unspecified atom stereocenters. The lowest BCUT2D eigenvalue weighted by Gasteiger charge is -2.32. The van der Waals surface area contributed by atoms with Crippen LogP contribution in [0.5, 0.6) is 0 Å². The van der Waals surface area contributed by atoms with Crippen LogP contribution in [0.3, 0.4) is 0 Å². The summed E-state index contributed by atoms with van der Waals surface area (Å²) in [4.78, 5) is 25.8. The van der Waals surface area contributed by atoms with Crippen molar-refractivity contribution in [2.75, 3.05) is 5.32 Å². The standard InChI is InChI=1S/C15H21N3O2/c1-3-10(4-2)13-14(19)17-12-8-6-5-7-11(12)9-18(13)15(16)20/h5-8,10,13H,3-4,9H2,1-2H3,(H2,16,20)(H,17,19)/t13-/m0/s1. The Hall–Kier alpha value is -2.04. The van der Waals surface area contributed by atoms with E-state index in [2.05, 4.69) is 5.32 Å². The van der Waals surface area contributed by atoms with Crippen LogP contribution < -0.4 is 11.1 Å². The van der Waals surface area contributed by atoms with Crippen molar-refractivity contribution in [3.63, 3.8) is 0 Å². The molecule has 1 aromatic rings. The molecule has 0 spiro atoms. The second kappa shape index (κ2) is 5.94. The van der Waals surface area contributed by atoms with Gasteiger partial charge in [0.2, 0.25) is 5.91 Å². The van der Waals surface area contributed by atoms with E-state index in [1.165, 1.54) is 4.90 Å². The molecule has 1 aliphatic rings. The van der Waals surface area contributed by atoms with Crippen LogP contribution in [0.15, 0.2) is 24.3 Å². The zero-order chi connectivity index (χ0) is 14.7. The topological polar surface area (TPSA) is 75.4 Å². The van der Waals surface area contributed by atoms with Crippen molar-refractivity contribution >= 4 is 17.6 Å². The van der Waals surface area contributed by atoms with E-state index in [0.29, 0.717) is 6.54 Å². The highest BCUT2D eigenvalue weighted by Crippen LogP contribution is 2.28. The van der Waals surface area contributed by atoms with Gasteiger partial charge in [-0.1, -0.05) is 44.9 Å². The van der Waals surface area contributed by atoms with E-state index >= 15 is 0 Å². The van der Waals surface area contributed by atoms with Crippen LogP contribution in [0.4, 0.5) is 10.5 Å². The molecule has 0 fully saturated rings. The summed E-state index contributed by atoms with van der Waals surface area (Å²) >= 11 is 0. The molecule has 1 aliphatic heterocycles. The third-order valence-corrected chi connectivity index (χ3v) is 4.00. The van der Waals surface area contributed by atoms with Crippen LogP contribution >= 0.6 is 0 Å². The number of urea groups is 1. The van der Waals surface area contributed by atoms with Crippen molar-refractivity contribution in [1.29, 1.82) is 0 Å². The number of amides is 3. The minimum absolute atomic E-state index is 0.108. The van der Waals surface area contributed by atoms with Gasteiger partial charge in [-0.3, -0.25) is 4.79 Å². The third-order valence-electron chi connectivity index (χ3n) is 4.00. The zero-order valence-corrected chi connectivity index (χ0v) is 11.9. The molecule has 1 atom stereocenters. The van der Waals surface area contributed by atoms with E-state index in [-0.39, 0.29) is 11.8 Å². The number of carbonyl (C=O) groups excluding carboxylic acids is 2. The Kier molecular flexibility index (Phi) is 4.27. The quantitative estimate of drug-likeness (QED) is 0.888. The van der Waals surface area contributed by atoms with Gasteiger partial charge in [0.05, 0.1) is 6.54 Å². The molecule has 5 nitrogen and oxygen atoms in total. The number of hydrogen-bond acceptors (Lipinski definition) is 2. The van der Waals surface area contributed by atoms with Crippen LogP contribution in [0.2, 0.25) is 0 Å². The molecule has 20 heavy (non-hydrogen) atoms. The summed E-state index contributed by atoms with van der Waals surface area (Å²) in [5.41, 5.74) is 7.17. The molecule has 0 saturated heterocycles. The van der Waals surface area contributed by atoms with Crippen molar-refractivity contribution < 1.29 is 9.59 Å². The number of primary amides is 1. The minimum atomic E-state index is -0.547. The second-order valence-corrected chi connectivity index (χ2v) is 5.13. The molecule has 0 aromatic heterocycles. The summed E-state index contributed by atoms with van der Waals surface area (Å²) in [6.45, 7) is 4.42. The fraction of sp³-hybridized carbons (Fsp3) is 0.467. The Balaban J connectivity index is 2.42. The summed E-state index contributed by atoms with van der Waals surface area (Å²) in [5.74, 6) is -0.0423. The molecular formula is C15H21N3O2. The maximum Gasteiger partial charge on any atom is 0.315 e. The lowest BCUT2D eigenvalue weighted by atomic mass is 9.92. The number of nitrogens with one attached hydrogen (secondary N) is 1. The van der Waals surface area contributed by atoms with Gasteiger partial charge in [0, 0.05) is 5.69 Å². The average molecular weight is 275 g/mol. The maximum absolute atomic E-state index is 12.5. The number of carbonyl (C=O) groups is 2. The Morgan fingerprint density at radius 3 is 2.65 bits per heavy atom. The van der Waals surface area contributed by atoms with Gasteiger partial charge in [0.15, 0.2) is 0 Å². The summed E-state index contributed by atoms with van der Waals surface area (Å²) in [7, 11) is 0. The van der Waals surface area contributed by atoms with Crippen LogP contribution in [0.1, 0.15) is 32.3 Å². The predicted octanol–water partition coefficient (Wildman–Crippen LogP) is 2.32. The van der Waals surface area contributed by atoms with Crippen molar-refractivity contribution in [3.8, 4) is 0 Å². The number of rotatable bonds is 3. The number of nitrogens with zero attached hydrogens (tertiary/aromatic N) is 1. The Morgan fingerprint density at radius 2 is 2.05 bits per heavy atom. The van der Waals surface area contributed by atoms with Crippen LogP contribution in [-0.2, 0) is 11.3 Å². The average Bonchev–Trinajstić information content (AvgIpc) is 2.57. The molecule has 1 aromatic carbocycles. The molecule has 108 valence electrons. The highest BCUT2D eigenvalue weighted by atomic mass is 16.2. The van der Waals surface area contributed by atoms with E-state index < -0.39 is 12.1 Å². The summed E-state index contributed by atoms with van der Waals surface area (Å²) < 4.78 is 0. The van der Waals surface area contributed by atoms with E-state index in [1.807, 2.05) is 38.1 Å². The number of benzene rings is 1. The first-order valence-corrected chi connectivity index (χ1v) is 7.03. The van der Waals surface area contributed by atoms with Gasteiger partial charge in [-0.05, 0) is 17.5 Å². The summed E-state index contributed by atoms with van der Waals surface area (Å²) in [6.07, 6.45) is 1.66. The van der Waals surface area contributed by atoms with Gasteiger partial charge in [0.25, 0.3) is 0 Å². The molecule has 2 rings (SSSR count). The molecular weight excluding hydrogens is 254 g/mol. The molecule has 0 radical (unpaired) electrons. The molecule has 3 amide bonds. The second-order valence-electron chi connectivity index (χ2n) is 5.13.